The molecule has 0 atom stereocenters. The molecule has 1 heterocycles. The molecular formula is C7H11ClN2. The highest BCUT2D eigenvalue weighted by Gasteiger charge is 1.97. The number of nitrogens with zero attached hydrogens (tertiary/aromatic N) is 2. The lowest BCUT2D eigenvalue weighted by atomic mass is 10.2. The second-order valence-electron chi connectivity index (χ2n) is 2.77. The quantitative estimate of drug-likeness (QED) is 0.645. The first kappa shape index (κ1) is 7.61. The Morgan fingerprint density at radius 1 is 1.70 bits per heavy atom. The molecule has 0 saturated heterocycles. The summed E-state index contributed by atoms with van der Waals surface area (Å²) in [4.78, 5) is 0. The highest BCUT2D eigenvalue weighted by atomic mass is 35.5. The fraction of sp³-hybridized carbons (Fsp3) is 0.571. The highest BCUT2D eigenvalue weighted by Crippen LogP contribution is 2.06. The Hall–Kier alpha value is -0.500. The summed E-state index contributed by atoms with van der Waals surface area (Å²) in [6, 6.07) is 0. The zero-order chi connectivity index (χ0) is 7.56. The molecule has 0 spiro atoms. The van der Waals surface area contributed by atoms with Gasteiger partial charge in [0.25, 0.3) is 0 Å². The summed E-state index contributed by atoms with van der Waals surface area (Å²) in [7, 11) is 0. The predicted octanol–water partition coefficient (Wildman–Crippen LogP) is 2.19. The largest absolute Gasteiger partial charge is 0.271 e. The molecule has 0 N–H and O–H groups in total. The van der Waals surface area contributed by atoms with Gasteiger partial charge in [-0.2, -0.15) is 5.10 Å². The summed E-state index contributed by atoms with van der Waals surface area (Å²) in [5, 5.41) is 4.75. The number of rotatable bonds is 2. The summed E-state index contributed by atoms with van der Waals surface area (Å²) in [5.41, 5.74) is 0. The van der Waals surface area contributed by atoms with Crippen molar-refractivity contribution < 1.29 is 0 Å². The molecule has 0 aliphatic carbocycles. The fourth-order valence-corrected chi connectivity index (χ4v) is 0.969. The molecule has 1 rings (SSSR count). The minimum Gasteiger partial charge on any atom is -0.271 e. The Kier molecular flexibility index (Phi) is 2.33. The van der Waals surface area contributed by atoms with E-state index >= 15 is 0 Å². The average molecular weight is 159 g/mol. The Labute approximate surface area is 65.8 Å². The third-order valence-electron chi connectivity index (χ3n) is 1.15. The van der Waals surface area contributed by atoms with Crippen LogP contribution in [0.5, 0.6) is 0 Å². The summed E-state index contributed by atoms with van der Waals surface area (Å²) in [6.07, 6.45) is 3.49. The van der Waals surface area contributed by atoms with E-state index in [9.17, 15) is 0 Å². The van der Waals surface area contributed by atoms with E-state index in [1.807, 2.05) is 10.9 Å². The molecule has 0 unspecified atom stereocenters. The smallest absolute Gasteiger partial charge is 0.0785 e. The minimum atomic E-state index is 0.621. The molecule has 0 radical (unpaired) electrons. The zero-order valence-electron chi connectivity index (χ0n) is 6.21. The third kappa shape index (κ3) is 2.03. The van der Waals surface area contributed by atoms with Gasteiger partial charge >= 0.3 is 0 Å². The van der Waals surface area contributed by atoms with Crippen molar-refractivity contribution in [2.75, 3.05) is 0 Å². The molecule has 56 valence electrons. The van der Waals surface area contributed by atoms with E-state index in [4.69, 9.17) is 11.6 Å². The van der Waals surface area contributed by atoms with E-state index in [0.29, 0.717) is 10.9 Å². The lowest BCUT2D eigenvalue weighted by Crippen LogP contribution is -2.03. The van der Waals surface area contributed by atoms with Crippen LogP contribution in [0.25, 0.3) is 0 Å². The van der Waals surface area contributed by atoms with Gasteiger partial charge < -0.3 is 0 Å². The molecule has 0 fully saturated rings. The van der Waals surface area contributed by atoms with Crippen molar-refractivity contribution in [1.82, 2.24) is 9.78 Å². The van der Waals surface area contributed by atoms with Crippen LogP contribution in [0.15, 0.2) is 12.4 Å². The predicted molar refractivity (Wildman–Crippen MR) is 42.1 cm³/mol. The van der Waals surface area contributed by atoms with Gasteiger partial charge in [-0.25, -0.2) is 0 Å². The topological polar surface area (TPSA) is 17.8 Å². The van der Waals surface area contributed by atoms with Gasteiger partial charge in [0.05, 0.1) is 11.2 Å². The van der Waals surface area contributed by atoms with E-state index in [0.717, 1.165) is 6.54 Å². The van der Waals surface area contributed by atoms with Crippen molar-refractivity contribution in [3.05, 3.63) is 17.4 Å². The van der Waals surface area contributed by atoms with Crippen LogP contribution >= 0.6 is 11.6 Å². The Bertz CT molecular complexity index is 205. The molecule has 1 aromatic heterocycles. The Balaban J connectivity index is 2.58. The zero-order valence-corrected chi connectivity index (χ0v) is 6.97. The SMILES string of the molecule is CC(C)Cn1cc(Cl)cn1. The van der Waals surface area contributed by atoms with Crippen LogP contribution in [0.2, 0.25) is 5.02 Å². The molecule has 1 aromatic rings. The number of aromatic nitrogens is 2. The van der Waals surface area contributed by atoms with Crippen molar-refractivity contribution in [1.29, 1.82) is 0 Å². The molecule has 3 heteroatoms. The van der Waals surface area contributed by atoms with Gasteiger partial charge in [0.2, 0.25) is 0 Å². The van der Waals surface area contributed by atoms with Gasteiger partial charge in [-0.1, -0.05) is 25.4 Å². The van der Waals surface area contributed by atoms with Crippen molar-refractivity contribution >= 4 is 11.6 Å². The van der Waals surface area contributed by atoms with Crippen molar-refractivity contribution in [3.63, 3.8) is 0 Å². The molecule has 2 nitrogen and oxygen atoms in total. The molecule has 0 saturated carbocycles. The van der Waals surface area contributed by atoms with Crippen LogP contribution < -0.4 is 0 Å². The van der Waals surface area contributed by atoms with Crippen LogP contribution in [0.1, 0.15) is 13.8 Å². The second kappa shape index (κ2) is 3.06. The van der Waals surface area contributed by atoms with Crippen LogP contribution in [0.3, 0.4) is 0 Å². The summed E-state index contributed by atoms with van der Waals surface area (Å²) >= 11 is 5.66. The Morgan fingerprint density at radius 3 is 2.80 bits per heavy atom. The molecule has 0 amide bonds. The first-order valence-corrected chi connectivity index (χ1v) is 3.74. The van der Waals surface area contributed by atoms with Crippen LogP contribution in [0.4, 0.5) is 0 Å². The molecular weight excluding hydrogens is 148 g/mol. The van der Waals surface area contributed by atoms with Crippen LogP contribution in [0, 0.1) is 5.92 Å². The normalized spacial score (nSPS) is 10.8. The molecule has 0 aliphatic heterocycles. The molecule has 10 heavy (non-hydrogen) atoms. The monoisotopic (exact) mass is 158 g/mol. The molecule has 0 aromatic carbocycles. The lowest BCUT2D eigenvalue weighted by Gasteiger charge is -2.02. The maximum Gasteiger partial charge on any atom is 0.0785 e. The minimum absolute atomic E-state index is 0.621. The van der Waals surface area contributed by atoms with Gasteiger partial charge in [0, 0.05) is 12.7 Å². The van der Waals surface area contributed by atoms with E-state index < -0.39 is 0 Å². The van der Waals surface area contributed by atoms with Gasteiger partial charge in [-0.15, -0.1) is 0 Å². The van der Waals surface area contributed by atoms with Crippen LogP contribution in [-0.4, -0.2) is 9.78 Å². The number of hydrogen-bond acceptors (Lipinski definition) is 1. The van der Waals surface area contributed by atoms with Gasteiger partial charge in [-0.05, 0) is 5.92 Å². The average Bonchev–Trinajstić information content (AvgIpc) is 2.13. The van der Waals surface area contributed by atoms with E-state index in [1.54, 1.807) is 6.20 Å². The standard InChI is InChI=1S/C7H11ClN2/c1-6(2)4-10-5-7(8)3-9-10/h3,5-6H,4H2,1-2H3. The maximum atomic E-state index is 5.66. The van der Waals surface area contributed by atoms with Gasteiger partial charge in [0.1, 0.15) is 0 Å². The lowest BCUT2D eigenvalue weighted by molar-refractivity contribution is 0.483. The van der Waals surface area contributed by atoms with Crippen molar-refractivity contribution in [2.45, 2.75) is 20.4 Å². The van der Waals surface area contributed by atoms with Gasteiger partial charge in [-0.3, -0.25) is 4.68 Å². The summed E-state index contributed by atoms with van der Waals surface area (Å²) < 4.78 is 1.85. The second-order valence-corrected chi connectivity index (χ2v) is 3.21. The van der Waals surface area contributed by atoms with E-state index in [2.05, 4.69) is 18.9 Å². The van der Waals surface area contributed by atoms with Crippen molar-refractivity contribution in [3.8, 4) is 0 Å². The first-order chi connectivity index (χ1) is 4.68. The molecule has 0 bridgehead atoms. The van der Waals surface area contributed by atoms with E-state index in [-0.39, 0.29) is 0 Å². The van der Waals surface area contributed by atoms with Gasteiger partial charge in [0.15, 0.2) is 0 Å². The number of hydrogen-bond donors (Lipinski definition) is 0. The first-order valence-electron chi connectivity index (χ1n) is 3.36. The third-order valence-corrected chi connectivity index (χ3v) is 1.35. The summed E-state index contributed by atoms with van der Waals surface area (Å²) in [6.45, 7) is 5.23. The van der Waals surface area contributed by atoms with Crippen molar-refractivity contribution in [2.24, 2.45) is 5.92 Å². The highest BCUT2D eigenvalue weighted by molar-refractivity contribution is 6.30. The number of halogens is 1. The van der Waals surface area contributed by atoms with Crippen LogP contribution in [-0.2, 0) is 6.54 Å². The maximum absolute atomic E-state index is 5.66. The fourth-order valence-electron chi connectivity index (χ4n) is 0.812. The van der Waals surface area contributed by atoms with E-state index in [1.165, 1.54) is 0 Å². The Morgan fingerprint density at radius 2 is 2.40 bits per heavy atom. The molecule has 0 aliphatic rings. The summed E-state index contributed by atoms with van der Waals surface area (Å²) in [5.74, 6) is 0.621.